The summed E-state index contributed by atoms with van der Waals surface area (Å²) < 4.78 is 13.5. The summed E-state index contributed by atoms with van der Waals surface area (Å²) in [5, 5.41) is 8.49. The van der Waals surface area contributed by atoms with E-state index in [1.807, 2.05) is 6.07 Å². The van der Waals surface area contributed by atoms with Crippen molar-refractivity contribution < 1.29 is 9.18 Å². The highest BCUT2D eigenvalue weighted by Gasteiger charge is 2.13. The Bertz CT molecular complexity index is 763. The second-order valence-corrected chi connectivity index (χ2v) is 6.23. The van der Waals surface area contributed by atoms with E-state index in [-0.39, 0.29) is 11.8 Å². The SMILES string of the molecule is Cc1ccc(NC(=O)NCCNc2cc(N3CCCC3)ncn2)cc1F. The van der Waals surface area contributed by atoms with Crippen LogP contribution in [0, 0.1) is 12.7 Å². The summed E-state index contributed by atoms with van der Waals surface area (Å²) in [5.74, 6) is 1.30. The van der Waals surface area contributed by atoms with Gasteiger partial charge in [0.25, 0.3) is 0 Å². The summed E-state index contributed by atoms with van der Waals surface area (Å²) in [6.45, 7) is 4.65. The number of nitrogens with one attached hydrogen (secondary N) is 3. The average Bonchev–Trinajstić information content (AvgIpc) is 3.17. The zero-order chi connectivity index (χ0) is 18.4. The minimum atomic E-state index is -0.379. The van der Waals surface area contributed by atoms with Crippen molar-refractivity contribution in [2.75, 3.05) is 41.7 Å². The number of hydrogen-bond acceptors (Lipinski definition) is 5. The van der Waals surface area contributed by atoms with Crippen molar-refractivity contribution in [3.05, 3.63) is 42.0 Å². The summed E-state index contributed by atoms with van der Waals surface area (Å²) in [7, 11) is 0. The lowest BCUT2D eigenvalue weighted by Gasteiger charge is -2.16. The van der Waals surface area contributed by atoms with Crippen LogP contribution in [-0.4, -0.2) is 42.2 Å². The van der Waals surface area contributed by atoms with E-state index >= 15 is 0 Å². The van der Waals surface area contributed by atoms with Gasteiger partial charge in [0.05, 0.1) is 0 Å². The molecule has 0 unspecified atom stereocenters. The number of nitrogens with zero attached hydrogens (tertiary/aromatic N) is 3. The molecule has 0 spiro atoms. The number of amides is 2. The number of rotatable bonds is 6. The molecule has 7 nitrogen and oxygen atoms in total. The van der Waals surface area contributed by atoms with Gasteiger partial charge < -0.3 is 20.9 Å². The molecule has 138 valence electrons. The maximum absolute atomic E-state index is 13.5. The molecule has 2 amide bonds. The van der Waals surface area contributed by atoms with Crippen LogP contribution in [0.25, 0.3) is 0 Å². The van der Waals surface area contributed by atoms with Crippen molar-refractivity contribution in [3.8, 4) is 0 Å². The molecule has 3 N–H and O–H groups in total. The van der Waals surface area contributed by atoms with Crippen molar-refractivity contribution in [1.82, 2.24) is 15.3 Å². The van der Waals surface area contributed by atoms with Crippen LogP contribution >= 0.6 is 0 Å². The standard InChI is InChI=1S/C18H23FN6O/c1-13-4-5-14(10-15(13)19)24-18(26)21-7-6-20-16-11-17(23-12-22-16)25-8-2-3-9-25/h4-5,10-12H,2-3,6-9H2,1H3,(H,20,22,23)(H2,21,24,26). The summed E-state index contributed by atoms with van der Waals surface area (Å²) in [6, 6.07) is 6.13. The maximum Gasteiger partial charge on any atom is 0.319 e. The minimum absolute atomic E-state index is 0.345. The van der Waals surface area contributed by atoms with Gasteiger partial charge in [-0.2, -0.15) is 0 Å². The van der Waals surface area contributed by atoms with Crippen LogP contribution in [0.2, 0.25) is 0 Å². The van der Waals surface area contributed by atoms with Crippen molar-refractivity contribution in [2.24, 2.45) is 0 Å². The molecule has 0 radical (unpaired) electrons. The molecule has 2 aromatic rings. The maximum atomic E-state index is 13.5. The number of carbonyl (C=O) groups is 1. The highest BCUT2D eigenvalue weighted by molar-refractivity contribution is 5.89. The third-order valence-corrected chi connectivity index (χ3v) is 4.23. The summed E-state index contributed by atoms with van der Waals surface area (Å²) in [4.78, 5) is 22.6. The topological polar surface area (TPSA) is 82.2 Å². The number of benzene rings is 1. The number of aromatic nitrogens is 2. The molecule has 3 rings (SSSR count). The van der Waals surface area contributed by atoms with Crippen LogP contribution in [0.5, 0.6) is 0 Å². The lowest BCUT2D eigenvalue weighted by molar-refractivity contribution is 0.252. The van der Waals surface area contributed by atoms with E-state index in [0.717, 1.165) is 24.7 Å². The van der Waals surface area contributed by atoms with Crippen LogP contribution in [0.3, 0.4) is 0 Å². The van der Waals surface area contributed by atoms with Crippen LogP contribution in [0.15, 0.2) is 30.6 Å². The van der Waals surface area contributed by atoms with E-state index < -0.39 is 0 Å². The second-order valence-electron chi connectivity index (χ2n) is 6.23. The summed E-state index contributed by atoms with van der Waals surface area (Å²) >= 11 is 0. The van der Waals surface area contributed by atoms with Gasteiger partial charge in [0.2, 0.25) is 0 Å². The molecular weight excluding hydrogens is 335 g/mol. The average molecular weight is 358 g/mol. The number of carbonyl (C=O) groups excluding carboxylic acids is 1. The first-order valence-corrected chi connectivity index (χ1v) is 8.74. The Labute approximate surface area is 152 Å². The third kappa shape index (κ3) is 4.81. The Balaban J connectivity index is 1.41. The molecule has 1 aliphatic heterocycles. The normalized spacial score (nSPS) is 13.5. The van der Waals surface area contributed by atoms with Crippen LogP contribution in [0.4, 0.5) is 26.5 Å². The molecule has 2 heterocycles. The van der Waals surface area contributed by atoms with Crippen LogP contribution < -0.4 is 20.9 Å². The molecular formula is C18H23FN6O. The molecule has 1 fully saturated rings. The van der Waals surface area contributed by atoms with E-state index in [0.29, 0.717) is 24.3 Å². The molecule has 0 bridgehead atoms. The highest BCUT2D eigenvalue weighted by atomic mass is 19.1. The summed E-state index contributed by atoms with van der Waals surface area (Å²) in [6.07, 6.45) is 3.93. The smallest absolute Gasteiger partial charge is 0.319 e. The first-order valence-electron chi connectivity index (χ1n) is 8.74. The van der Waals surface area contributed by atoms with Gasteiger partial charge in [-0.15, -0.1) is 0 Å². The number of anilines is 3. The third-order valence-electron chi connectivity index (χ3n) is 4.23. The number of halogens is 1. The molecule has 1 saturated heterocycles. The van der Waals surface area contributed by atoms with Crippen molar-refractivity contribution >= 4 is 23.4 Å². The molecule has 1 aromatic carbocycles. The first kappa shape index (κ1) is 17.9. The Morgan fingerprint density at radius 2 is 2.00 bits per heavy atom. The predicted octanol–water partition coefficient (Wildman–Crippen LogP) is 2.76. The van der Waals surface area contributed by atoms with E-state index in [4.69, 9.17) is 0 Å². The lowest BCUT2D eigenvalue weighted by Crippen LogP contribution is -2.32. The fraction of sp³-hybridized carbons (Fsp3) is 0.389. The van der Waals surface area contributed by atoms with Gasteiger partial charge in [0.1, 0.15) is 23.8 Å². The van der Waals surface area contributed by atoms with Gasteiger partial charge in [-0.3, -0.25) is 0 Å². The quantitative estimate of drug-likeness (QED) is 0.692. The first-order chi connectivity index (χ1) is 12.6. The lowest BCUT2D eigenvalue weighted by atomic mass is 10.2. The Morgan fingerprint density at radius 3 is 2.77 bits per heavy atom. The molecule has 1 aromatic heterocycles. The molecule has 0 atom stereocenters. The number of aryl methyl sites for hydroxylation is 1. The van der Waals surface area contributed by atoms with Crippen LogP contribution in [-0.2, 0) is 0 Å². The van der Waals surface area contributed by atoms with Crippen molar-refractivity contribution in [3.63, 3.8) is 0 Å². The van der Waals surface area contributed by atoms with Gasteiger partial charge >= 0.3 is 6.03 Å². The predicted molar refractivity (Wildman–Crippen MR) is 100 cm³/mol. The highest BCUT2D eigenvalue weighted by Crippen LogP contribution is 2.19. The largest absolute Gasteiger partial charge is 0.368 e. The second kappa shape index (κ2) is 8.46. The molecule has 1 aliphatic rings. The van der Waals surface area contributed by atoms with Gasteiger partial charge in [0, 0.05) is 37.9 Å². The fourth-order valence-corrected chi connectivity index (χ4v) is 2.78. The Hall–Kier alpha value is -2.90. The van der Waals surface area contributed by atoms with Gasteiger partial charge in [-0.05, 0) is 37.5 Å². The van der Waals surface area contributed by atoms with Crippen molar-refractivity contribution in [2.45, 2.75) is 19.8 Å². The van der Waals surface area contributed by atoms with Crippen LogP contribution in [0.1, 0.15) is 18.4 Å². The van der Waals surface area contributed by atoms with E-state index in [1.54, 1.807) is 25.4 Å². The molecule has 0 aliphatic carbocycles. The molecule has 8 heteroatoms. The fourth-order valence-electron chi connectivity index (χ4n) is 2.78. The Morgan fingerprint density at radius 1 is 1.19 bits per heavy atom. The van der Waals surface area contributed by atoms with Gasteiger partial charge in [0.15, 0.2) is 0 Å². The summed E-state index contributed by atoms with van der Waals surface area (Å²) in [5.41, 5.74) is 0.961. The minimum Gasteiger partial charge on any atom is -0.368 e. The van der Waals surface area contributed by atoms with Gasteiger partial charge in [-0.1, -0.05) is 6.07 Å². The Kier molecular flexibility index (Phi) is 5.83. The van der Waals surface area contributed by atoms with Gasteiger partial charge in [-0.25, -0.2) is 19.2 Å². The molecule has 26 heavy (non-hydrogen) atoms. The van der Waals surface area contributed by atoms with Crippen molar-refractivity contribution in [1.29, 1.82) is 0 Å². The zero-order valence-corrected chi connectivity index (χ0v) is 14.8. The number of urea groups is 1. The van der Waals surface area contributed by atoms with E-state index in [1.165, 1.54) is 18.9 Å². The van der Waals surface area contributed by atoms with E-state index in [2.05, 4.69) is 30.8 Å². The van der Waals surface area contributed by atoms with E-state index in [9.17, 15) is 9.18 Å². The number of hydrogen-bond donors (Lipinski definition) is 3. The molecule has 0 saturated carbocycles. The monoisotopic (exact) mass is 358 g/mol. The zero-order valence-electron chi connectivity index (χ0n) is 14.8.